The lowest BCUT2D eigenvalue weighted by atomic mass is 9.87. The number of methoxy groups -OCH3 is 1. The largest absolute Gasteiger partial charge is 0.497 e. The van der Waals surface area contributed by atoms with Gasteiger partial charge in [0, 0.05) is 63.1 Å². The van der Waals surface area contributed by atoms with E-state index in [1.54, 1.807) is 30.2 Å². The van der Waals surface area contributed by atoms with Gasteiger partial charge in [0.05, 0.1) is 18.8 Å². The van der Waals surface area contributed by atoms with Crippen LogP contribution in [0, 0.1) is 0 Å². The number of piperidine rings is 1. The van der Waals surface area contributed by atoms with Crippen molar-refractivity contribution in [1.82, 2.24) is 9.80 Å². The number of aliphatic carboxylic acids is 1. The Hall–Kier alpha value is -3.26. The zero-order valence-corrected chi connectivity index (χ0v) is 24.2. The SMILES string of the molecule is COc1ccc(C(=O)N2CC[C@H](O)C2)c(OC[C@@H](O)CN2CCC3(CC2)Cc2cc(Cl)ccc2O3)c1.O=C(O)C(F)(F)F. The van der Waals surface area contributed by atoms with Crippen molar-refractivity contribution in [2.24, 2.45) is 0 Å². The van der Waals surface area contributed by atoms with Crippen LogP contribution in [0.5, 0.6) is 17.2 Å². The number of rotatable bonds is 7. The lowest BCUT2D eigenvalue weighted by Crippen LogP contribution is -2.49. The summed E-state index contributed by atoms with van der Waals surface area (Å²) >= 11 is 6.15. The third-order valence-electron chi connectivity index (χ3n) is 7.64. The normalized spacial score (nSPS) is 20.1. The Bertz CT molecular complexity index is 1300. The van der Waals surface area contributed by atoms with Gasteiger partial charge in [0.1, 0.15) is 35.6 Å². The van der Waals surface area contributed by atoms with E-state index in [1.807, 2.05) is 18.2 Å². The Morgan fingerprint density at radius 1 is 1.16 bits per heavy atom. The van der Waals surface area contributed by atoms with E-state index in [4.69, 9.17) is 35.7 Å². The molecule has 3 N–H and O–H groups in total. The summed E-state index contributed by atoms with van der Waals surface area (Å²) < 4.78 is 49.3. The number of fused-ring (bicyclic) bond motifs is 1. The second kappa shape index (κ2) is 13.6. The van der Waals surface area contributed by atoms with Gasteiger partial charge in [-0.1, -0.05) is 11.6 Å². The van der Waals surface area contributed by atoms with Crippen molar-refractivity contribution in [2.45, 2.75) is 49.7 Å². The van der Waals surface area contributed by atoms with Gasteiger partial charge in [-0.2, -0.15) is 13.2 Å². The van der Waals surface area contributed by atoms with Crippen LogP contribution >= 0.6 is 11.6 Å². The van der Waals surface area contributed by atoms with Crippen LogP contribution in [0.3, 0.4) is 0 Å². The number of alkyl halides is 3. The molecule has 3 aliphatic rings. The number of amides is 1. The van der Waals surface area contributed by atoms with E-state index >= 15 is 0 Å². The number of nitrogens with zero attached hydrogens (tertiary/aromatic N) is 2. The number of carbonyl (C=O) groups is 2. The summed E-state index contributed by atoms with van der Waals surface area (Å²) in [7, 11) is 1.55. The van der Waals surface area contributed by atoms with Crippen LogP contribution < -0.4 is 14.2 Å². The second-order valence-electron chi connectivity index (χ2n) is 10.8. The molecular formula is C29H34ClF3N2O8. The topological polar surface area (TPSA) is 129 Å². The fourth-order valence-corrected chi connectivity index (χ4v) is 5.58. The number of aliphatic hydroxyl groups is 2. The minimum absolute atomic E-state index is 0.0537. The fraction of sp³-hybridized carbons (Fsp3) is 0.517. The van der Waals surface area contributed by atoms with Crippen molar-refractivity contribution >= 4 is 23.5 Å². The average Bonchev–Trinajstić information content (AvgIpc) is 3.55. The number of carboxylic acid groups (broad SMARTS) is 1. The smallest absolute Gasteiger partial charge is 0.490 e. The summed E-state index contributed by atoms with van der Waals surface area (Å²) in [5.41, 5.74) is 1.37. The summed E-state index contributed by atoms with van der Waals surface area (Å²) in [6, 6.07) is 10.8. The first-order chi connectivity index (χ1) is 20.3. The average molecular weight is 631 g/mol. The highest BCUT2D eigenvalue weighted by molar-refractivity contribution is 6.30. The maximum atomic E-state index is 13.0. The van der Waals surface area contributed by atoms with Crippen molar-refractivity contribution in [3.05, 3.63) is 52.5 Å². The molecule has 14 heteroatoms. The van der Waals surface area contributed by atoms with Crippen LogP contribution in [0.4, 0.5) is 13.2 Å². The quantitative estimate of drug-likeness (QED) is 0.422. The summed E-state index contributed by atoms with van der Waals surface area (Å²) in [6.07, 6.45) is -3.11. The molecule has 5 rings (SSSR count). The highest BCUT2D eigenvalue weighted by Crippen LogP contribution is 2.42. The zero-order valence-electron chi connectivity index (χ0n) is 23.5. The highest BCUT2D eigenvalue weighted by atomic mass is 35.5. The highest BCUT2D eigenvalue weighted by Gasteiger charge is 2.42. The number of β-amino-alcohol motifs (C(OH)–C–C–N with tert-alkyl or cyclic N) is 2. The van der Waals surface area contributed by atoms with Gasteiger partial charge in [-0.3, -0.25) is 4.79 Å². The molecule has 3 heterocycles. The van der Waals surface area contributed by atoms with Gasteiger partial charge in [0.25, 0.3) is 5.91 Å². The molecular weight excluding hydrogens is 597 g/mol. The molecule has 2 saturated heterocycles. The molecule has 0 bridgehead atoms. The number of halogens is 4. The molecule has 10 nitrogen and oxygen atoms in total. The lowest BCUT2D eigenvalue weighted by molar-refractivity contribution is -0.192. The minimum atomic E-state index is -5.08. The Balaban J connectivity index is 0.000000541. The summed E-state index contributed by atoms with van der Waals surface area (Å²) in [5.74, 6) is -1.09. The van der Waals surface area contributed by atoms with Crippen LogP contribution in [-0.4, -0.2) is 107 Å². The van der Waals surface area contributed by atoms with Gasteiger partial charge in [-0.15, -0.1) is 0 Å². The number of hydrogen-bond donors (Lipinski definition) is 3. The van der Waals surface area contributed by atoms with Gasteiger partial charge in [0.2, 0.25) is 0 Å². The molecule has 0 aromatic heterocycles. The first kappa shape index (κ1) is 32.6. The number of likely N-dealkylation sites (tertiary alicyclic amines) is 2. The molecule has 236 valence electrons. The number of ether oxygens (including phenoxy) is 3. The monoisotopic (exact) mass is 630 g/mol. The molecule has 0 radical (unpaired) electrons. The Labute approximate surface area is 251 Å². The fourth-order valence-electron chi connectivity index (χ4n) is 5.38. The molecule has 0 saturated carbocycles. The molecule has 1 spiro atoms. The molecule has 2 aromatic carbocycles. The Morgan fingerprint density at radius 3 is 2.47 bits per heavy atom. The van der Waals surface area contributed by atoms with Gasteiger partial charge in [-0.25, -0.2) is 4.79 Å². The molecule has 2 atom stereocenters. The van der Waals surface area contributed by atoms with Crippen LogP contribution in [-0.2, 0) is 11.2 Å². The van der Waals surface area contributed by atoms with E-state index in [1.165, 1.54) is 0 Å². The number of carbonyl (C=O) groups excluding carboxylic acids is 1. The van der Waals surface area contributed by atoms with Crippen LogP contribution in [0.1, 0.15) is 35.2 Å². The van der Waals surface area contributed by atoms with Crippen LogP contribution in [0.2, 0.25) is 5.02 Å². The van der Waals surface area contributed by atoms with Gasteiger partial charge in [-0.05, 0) is 42.3 Å². The van der Waals surface area contributed by atoms with Gasteiger partial charge < -0.3 is 39.3 Å². The maximum Gasteiger partial charge on any atom is 0.490 e. The predicted octanol–water partition coefficient (Wildman–Crippen LogP) is 3.40. The van der Waals surface area contributed by atoms with Crippen molar-refractivity contribution in [3.8, 4) is 17.2 Å². The van der Waals surface area contributed by atoms with Crippen molar-refractivity contribution in [1.29, 1.82) is 0 Å². The van der Waals surface area contributed by atoms with Crippen molar-refractivity contribution < 1.29 is 52.3 Å². The summed E-state index contributed by atoms with van der Waals surface area (Å²) in [5, 5.41) is 28.4. The third-order valence-corrected chi connectivity index (χ3v) is 7.88. The van der Waals surface area contributed by atoms with E-state index in [0.717, 1.165) is 48.7 Å². The minimum Gasteiger partial charge on any atom is -0.497 e. The molecule has 2 aromatic rings. The van der Waals surface area contributed by atoms with Gasteiger partial charge >= 0.3 is 12.1 Å². The summed E-state index contributed by atoms with van der Waals surface area (Å²) in [4.78, 5) is 25.7. The molecule has 2 fully saturated rings. The van der Waals surface area contributed by atoms with Crippen LogP contribution in [0.15, 0.2) is 36.4 Å². The molecule has 0 aliphatic carbocycles. The molecule has 0 unspecified atom stereocenters. The maximum absolute atomic E-state index is 13.0. The van der Waals surface area contributed by atoms with E-state index in [9.17, 15) is 28.2 Å². The van der Waals surface area contributed by atoms with E-state index in [0.29, 0.717) is 43.1 Å². The molecule has 1 amide bonds. The van der Waals surface area contributed by atoms with E-state index in [-0.39, 0.29) is 18.1 Å². The van der Waals surface area contributed by atoms with Crippen molar-refractivity contribution in [2.75, 3.05) is 46.4 Å². The number of benzene rings is 2. The predicted molar refractivity (Wildman–Crippen MR) is 149 cm³/mol. The van der Waals surface area contributed by atoms with Crippen molar-refractivity contribution in [3.63, 3.8) is 0 Å². The number of hydrogen-bond acceptors (Lipinski definition) is 8. The number of carboxylic acids is 1. The van der Waals surface area contributed by atoms with Crippen LogP contribution in [0.25, 0.3) is 0 Å². The number of aliphatic hydroxyl groups excluding tert-OH is 2. The first-order valence-corrected chi connectivity index (χ1v) is 14.1. The van der Waals surface area contributed by atoms with E-state index in [2.05, 4.69) is 4.90 Å². The standard InChI is InChI=1S/C27H33ClN2O6.C2HF3O2/c1-34-22-3-4-23(26(33)30-9-6-20(31)16-30)25(13-22)35-17-21(32)15-29-10-7-27(8-11-29)14-18-12-19(28)2-5-24(18)36-27;3-2(4,5)1(6)7/h2-5,12-13,20-21,31-32H,6-11,14-17H2,1H3;(H,6,7)/t20-,21-;/m0./s1. The lowest BCUT2D eigenvalue weighted by Gasteiger charge is -2.39. The Morgan fingerprint density at radius 2 is 1.86 bits per heavy atom. The third kappa shape index (κ3) is 8.43. The molecule has 43 heavy (non-hydrogen) atoms. The molecule has 3 aliphatic heterocycles. The van der Waals surface area contributed by atoms with Gasteiger partial charge in [0.15, 0.2) is 0 Å². The Kier molecular flexibility index (Phi) is 10.3. The second-order valence-corrected chi connectivity index (χ2v) is 11.3. The van der Waals surface area contributed by atoms with E-state index < -0.39 is 24.4 Å². The zero-order chi connectivity index (χ0) is 31.4. The summed E-state index contributed by atoms with van der Waals surface area (Å²) in [6.45, 7) is 2.98. The first-order valence-electron chi connectivity index (χ1n) is 13.7.